The molecule has 0 amide bonds. The van der Waals surface area contributed by atoms with E-state index in [1.807, 2.05) is 6.07 Å². The van der Waals surface area contributed by atoms with Crippen molar-refractivity contribution in [3.63, 3.8) is 0 Å². The van der Waals surface area contributed by atoms with Crippen LogP contribution in [-0.4, -0.2) is 38.7 Å². The van der Waals surface area contributed by atoms with Gasteiger partial charge in [0.05, 0.1) is 43.0 Å². The number of nitriles is 1. The highest BCUT2D eigenvalue weighted by Crippen LogP contribution is 2.37. The van der Waals surface area contributed by atoms with Gasteiger partial charge in [-0.15, -0.1) is 0 Å². The molecule has 1 aliphatic rings. The number of anilines is 1. The number of rotatable bonds is 5. The van der Waals surface area contributed by atoms with E-state index >= 15 is 0 Å². The summed E-state index contributed by atoms with van der Waals surface area (Å²) < 4.78 is 49.8. The normalized spacial score (nSPS) is 17.0. The highest BCUT2D eigenvalue weighted by Gasteiger charge is 2.37. The van der Waals surface area contributed by atoms with Gasteiger partial charge in [-0.2, -0.15) is 18.4 Å². The Morgan fingerprint density at radius 2 is 1.83 bits per heavy atom. The maximum Gasteiger partial charge on any atom is 0.416 e. The van der Waals surface area contributed by atoms with Crippen LogP contribution >= 0.6 is 0 Å². The first-order valence-corrected chi connectivity index (χ1v) is 10.2. The maximum atomic E-state index is 13.4. The molecule has 2 aromatic rings. The fourth-order valence-corrected chi connectivity index (χ4v) is 3.59. The summed E-state index contributed by atoms with van der Waals surface area (Å²) >= 11 is 0. The van der Waals surface area contributed by atoms with Crippen LogP contribution < -0.4 is 10.2 Å². The summed E-state index contributed by atoms with van der Waals surface area (Å²) in [5.41, 5.74) is 0.491. The third kappa shape index (κ3) is 5.43. The van der Waals surface area contributed by atoms with Crippen molar-refractivity contribution in [1.29, 1.82) is 5.26 Å². The molecule has 3 rings (SSSR count). The number of allylic oxidation sites excluding steroid dienone is 1. The molecular formula is C24H21F3N4O4. The topological polar surface area (TPSA) is 104 Å². The molecule has 8 nitrogen and oxygen atoms in total. The monoisotopic (exact) mass is 486 g/mol. The molecule has 1 heterocycles. The molecule has 0 saturated carbocycles. The third-order valence-corrected chi connectivity index (χ3v) is 5.29. The van der Waals surface area contributed by atoms with Crippen LogP contribution in [0.15, 0.2) is 64.8 Å². The van der Waals surface area contributed by atoms with Gasteiger partial charge in [0, 0.05) is 11.4 Å². The van der Waals surface area contributed by atoms with Gasteiger partial charge in [-0.05, 0) is 42.8 Å². The molecule has 0 aromatic heterocycles. The molecule has 1 atom stereocenters. The Morgan fingerprint density at radius 3 is 2.40 bits per heavy atom. The van der Waals surface area contributed by atoms with Crippen LogP contribution in [0.3, 0.4) is 0 Å². The van der Waals surface area contributed by atoms with E-state index in [0.29, 0.717) is 11.1 Å². The molecule has 0 bridgehead atoms. The van der Waals surface area contributed by atoms with Crippen LogP contribution in [0.25, 0.3) is 0 Å². The smallest absolute Gasteiger partial charge is 0.416 e. The predicted octanol–water partition coefficient (Wildman–Crippen LogP) is 3.70. The van der Waals surface area contributed by atoms with E-state index < -0.39 is 36.3 Å². The lowest BCUT2D eigenvalue weighted by Gasteiger charge is -2.38. The van der Waals surface area contributed by atoms with Gasteiger partial charge in [-0.1, -0.05) is 18.2 Å². The fourth-order valence-electron chi connectivity index (χ4n) is 3.59. The van der Waals surface area contributed by atoms with Gasteiger partial charge < -0.3 is 14.8 Å². The van der Waals surface area contributed by atoms with E-state index in [-0.39, 0.29) is 22.9 Å². The van der Waals surface area contributed by atoms with Gasteiger partial charge >= 0.3 is 18.1 Å². The minimum Gasteiger partial charge on any atom is -0.468 e. The number of halogens is 3. The van der Waals surface area contributed by atoms with Gasteiger partial charge in [0.15, 0.2) is 0 Å². The van der Waals surface area contributed by atoms with E-state index in [9.17, 15) is 22.8 Å². The molecule has 0 fully saturated rings. The highest BCUT2D eigenvalue weighted by atomic mass is 19.4. The van der Waals surface area contributed by atoms with Crippen molar-refractivity contribution in [2.45, 2.75) is 19.1 Å². The number of benzene rings is 2. The molecule has 0 spiro atoms. The Labute approximate surface area is 199 Å². The Balaban J connectivity index is 2.23. The number of carbonyl (C=O) groups is 2. The second-order valence-electron chi connectivity index (χ2n) is 7.40. The first kappa shape index (κ1) is 25.3. The highest BCUT2D eigenvalue weighted by molar-refractivity contribution is 6.06. The number of methoxy groups -OCH3 is 2. The molecule has 182 valence electrons. The van der Waals surface area contributed by atoms with Crippen molar-refractivity contribution in [1.82, 2.24) is 5.32 Å². The van der Waals surface area contributed by atoms with Crippen molar-refractivity contribution >= 4 is 23.6 Å². The van der Waals surface area contributed by atoms with Crippen molar-refractivity contribution in [3.8, 4) is 6.07 Å². The SMILES string of the molecule is COC(=O)CN=C1NC(c2ccc(C#N)cc2)C(C(=O)OC)=C(C)N1c1cccc(C(F)(F)F)c1. The second kappa shape index (κ2) is 10.3. The van der Waals surface area contributed by atoms with E-state index in [2.05, 4.69) is 15.0 Å². The van der Waals surface area contributed by atoms with Crippen LogP contribution in [-0.2, 0) is 25.2 Å². The Kier molecular flexibility index (Phi) is 7.44. The predicted molar refractivity (Wildman–Crippen MR) is 120 cm³/mol. The summed E-state index contributed by atoms with van der Waals surface area (Å²) in [6.07, 6.45) is -4.60. The van der Waals surface area contributed by atoms with Gasteiger partial charge in [-0.3, -0.25) is 9.69 Å². The van der Waals surface area contributed by atoms with Crippen LogP contribution in [0.5, 0.6) is 0 Å². The average molecular weight is 486 g/mol. The standard InChI is InChI=1S/C24H21F3N4O4/c1-14-20(22(33)35-3)21(16-9-7-15(12-28)8-10-16)30-23(29-13-19(32)34-2)31(14)18-6-4-5-17(11-18)24(25,26)27/h4-11,21H,13H2,1-3H3,(H,29,30). The second-order valence-corrected chi connectivity index (χ2v) is 7.40. The number of esters is 2. The van der Waals surface area contributed by atoms with Crippen molar-refractivity contribution in [2.75, 3.05) is 25.7 Å². The van der Waals surface area contributed by atoms with E-state index in [0.717, 1.165) is 12.1 Å². The molecule has 0 radical (unpaired) electrons. The van der Waals surface area contributed by atoms with Crippen LogP contribution in [0.4, 0.5) is 18.9 Å². The zero-order chi connectivity index (χ0) is 25.8. The van der Waals surface area contributed by atoms with Gasteiger partial charge in [0.25, 0.3) is 0 Å². The number of alkyl halides is 3. The number of nitrogens with one attached hydrogen (secondary N) is 1. The lowest BCUT2D eigenvalue weighted by Crippen LogP contribution is -2.49. The van der Waals surface area contributed by atoms with Gasteiger partial charge in [-0.25, -0.2) is 9.79 Å². The van der Waals surface area contributed by atoms with Crippen molar-refractivity contribution < 1.29 is 32.2 Å². The number of carbonyl (C=O) groups excluding carboxylic acids is 2. The summed E-state index contributed by atoms with van der Waals surface area (Å²) in [6.45, 7) is 1.12. The quantitative estimate of drug-likeness (QED) is 0.643. The number of hydrogen-bond acceptors (Lipinski definition) is 6. The van der Waals surface area contributed by atoms with Gasteiger partial charge in [0.1, 0.15) is 6.54 Å². The van der Waals surface area contributed by atoms with Gasteiger partial charge in [0.2, 0.25) is 5.96 Å². The Morgan fingerprint density at radius 1 is 1.14 bits per heavy atom. The zero-order valence-electron chi connectivity index (χ0n) is 19.0. The summed E-state index contributed by atoms with van der Waals surface area (Å²) in [7, 11) is 2.37. The molecule has 1 unspecified atom stereocenters. The lowest BCUT2D eigenvalue weighted by atomic mass is 9.94. The lowest BCUT2D eigenvalue weighted by molar-refractivity contribution is -0.139. The molecule has 0 saturated heterocycles. The molecular weight excluding hydrogens is 465 g/mol. The zero-order valence-corrected chi connectivity index (χ0v) is 19.0. The molecule has 2 aromatic carbocycles. The van der Waals surface area contributed by atoms with Crippen LogP contribution in [0, 0.1) is 11.3 Å². The summed E-state index contributed by atoms with van der Waals surface area (Å²) in [4.78, 5) is 30.1. The summed E-state index contributed by atoms with van der Waals surface area (Å²) in [5.74, 6) is -1.36. The molecule has 0 aliphatic carbocycles. The van der Waals surface area contributed by atoms with E-state index in [4.69, 9.17) is 10.00 Å². The summed E-state index contributed by atoms with van der Waals surface area (Å²) in [6, 6.07) is 12.0. The number of hydrogen-bond donors (Lipinski definition) is 1. The number of aliphatic imine (C=N–C) groups is 1. The average Bonchev–Trinajstić information content (AvgIpc) is 2.86. The Bertz CT molecular complexity index is 1230. The van der Waals surface area contributed by atoms with Crippen LogP contribution in [0.1, 0.15) is 29.7 Å². The fraction of sp³-hybridized carbons (Fsp3) is 0.250. The molecule has 11 heteroatoms. The maximum absolute atomic E-state index is 13.4. The number of ether oxygens (including phenoxy) is 2. The summed E-state index contributed by atoms with van der Waals surface area (Å²) in [5, 5.41) is 12.1. The van der Waals surface area contributed by atoms with Crippen LogP contribution in [0.2, 0.25) is 0 Å². The molecule has 1 N–H and O–H groups in total. The van der Waals surface area contributed by atoms with E-state index in [1.165, 1.54) is 38.2 Å². The minimum atomic E-state index is -4.60. The molecule has 35 heavy (non-hydrogen) atoms. The van der Waals surface area contributed by atoms with E-state index in [1.54, 1.807) is 24.3 Å². The number of nitrogens with zero attached hydrogens (tertiary/aromatic N) is 3. The number of guanidine groups is 1. The molecule has 1 aliphatic heterocycles. The minimum absolute atomic E-state index is 0.0224. The Hall–Kier alpha value is -4.33. The first-order valence-electron chi connectivity index (χ1n) is 10.2. The third-order valence-electron chi connectivity index (χ3n) is 5.29. The largest absolute Gasteiger partial charge is 0.468 e. The van der Waals surface area contributed by atoms with Crippen molar-refractivity contribution in [3.05, 3.63) is 76.5 Å². The first-order chi connectivity index (χ1) is 16.6. The van der Waals surface area contributed by atoms with Crippen molar-refractivity contribution in [2.24, 2.45) is 4.99 Å².